The van der Waals surface area contributed by atoms with Crippen LogP contribution >= 0.6 is 11.3 Å². The van der Waals surface area contributed by atoms with Crippen LogP contribution in [-0.4, -0.2) is 39.2 Å². The zero-order valence-corrected chi connectivity index (χ0v) is 14.7. The van der Waals surface area contributed by atoms with Gasteiger partial charge in [-0.05, 0) is 24.6 Å². The molecule has 128 valence electrons. The minimum Gasteiger partial charge on any atom is -0.493 e. The zero-order valence-electron chi connectivity index (χ0n) is 13.9. The van der Waals surface area contributed by atoms with Gasteiger partial charge in [-0.25, -0.2) is 0 Å². The quantitative estimate of drug-likeness (QED) is 0.543. The van der Waals surface area contributed by atoms with Crippen molar-refractivity contribution in [3.8, 4) is 23.0 Å². The number of aromatic nitrogens is 5. The van der Waals surface area contributed by atoms with E-state index in [4.69, 9.17) is 14.0 Å². The van der Waals surface area contributed by atoms with Crippen molar-refractivity contribution in [2.75, 3.05) is 14.2 Å². The fourth-order valence-electron chi connectivity index (χ4n) is 2.52. The highest BCUT2D eigenvalue weighted by molar-refractivity contribution is 7.16. The molecule has 0 unspecified atom stereocenters. The summed E-state index contributed by atoms with van der Waals surface area (Å²) in [6, 6.07) is 7.64. The number of hydrogen-bond donors (Lipinski definition) is 0. The second kappa shape index (κ2) is 6.17. The summed E-state index contributed by atoms with van der Waals surface area (Å²) in [5.74, 6) is 2.68. The van der Waals surface area contributed by atoms with Gasteiger partial charge in [0.15, 0.2) is 17.2 Å². The van der Waals surface area contributed by atoms with Crippen molar-refractivity contribution in [1.29, 1.82) is 0 Å². The highest BCUT2D eigenvalue weighted by Gasteiger charge is 2.17. The van der Waals surface area contributed by atoms with Crippen LogP contribution in [0, 0.1) is 6.92 Å². The Balaban J connectivity index is 1.66. The van der Waals surface area contributed by atoms with E-state index in [2.05, 4.69) is 20.5 Å². The summed E-state index contributed by atoms with van der Waals surface area (Å²) in [6.07, 6.45) is 0.658. The first-order valence-corrected chi connectivity index (χ1v) is 8.35. The van der Waals surface area contributed by atoms with Crippen molar-refractivity contribution in [2.24, 2.45) is 0 Å². The molecular formula is C16H15N5O3S. The molecule has 9 heteroatoms. The maximum absolute atomic E-state index is 5.35. The topological polar surface area (TPSA) is 87.6 Å². The first kappa shape index (κ1) is 15.6. The number of benzene rings is 1. The Kier molecular flexibility index (Phi) is 3.85. The van der Waals surface area contributed by atoms with E-state index in [1.54, 1.807) is 18.7 Å². The number of nitrogens with zero attached hydrogens (tertiary/aromatic N) is 5. The molecule has 4 rings (SSSR count). The highest BCUT2D eigenvalue weighted by Crippen LogP contribution is 2.29. The van der Waals surface area contributed by atoms with Crippen molar-refractivity contribution < 1.29 is 14.0 Å². The summed E-state index contributed by atoms with van der Waals surface area (Å²) in [6.45, 7) is 1.83. The van der Waals surface area contributed by atoms with Crippen LogP contribution in [0.4, 0.5) is 0 Å². The van der Waals surface area contributed by atoms with E-state index in [1.807, 2.05) is 31.2 Å². The lowest BCUT2D eigenvalue weighted by molar-refractivity contribution is 0.354. The first-order valence-electron chi connectivity index (χ1n) is 7.53. The Labute approximate surface area is 147 Å². The molecule has 0 atom stereocenters. The van der Waals surface area contributed by atoms with E-state index < -0.39 is 0 Å². The van der Waals surface area contributed by atoms with E-state index in [0.717, 1.165) is 10.6 Å². The average Bonchev–Trinajstić information content (AvgIpc) is 3.30. The van der Waals surface area contributed by atoms with E-state index in [9.17, 15) is 0 Å². The van der Waals surface area contributed by atoms with Crippen LogP contribution in [0.1, 0.15) is 16.3 Å². The van der Waals surface area contributed by atoms with Gasteiger partial charge in [0.1, 0.15) is 10.8 Å². The summed E-state index contributed by atoms with van der Waals surface area (Å²) < 4.78 is 17.4. The third kappa shape index (κ3) is 2.82. The maximum atomic E-state index is 5.35. The molecule has 0 aliphatic rings. The van der Waals surface area contributed by atoms with Gasteiger partial charge in [-0.3, -0.25) is 0 Å². The zero-order chi connectivity index (χ0) is 17.4. The number of aryl methyl sites for hydroxylation is 1. The van der Waals surface area contributed by atoms with Gasteiger partial charge in [-0.15, -0.1) is 10.2 Å². The van der Waals surface area contributed by atoms with Gasteiger partial charge in [-0.2, -0.15) is 9.61 Å². The number of rotatable bonds is 5. The molecule has 0 spiro atoms. The molecule has 8 nitrogen and oxygen atoms in total. The molecule has 3 heterocycles. The lowest BCUT2D eigenvalue weighted by Crippen LogP contribution is -1.95. The number of hydrogen-bond acceptors (Lipinski definition) is 8. The SMILES string of the molecule is COc1ccc(Cc2nn3c(-c4cc(C)on4)nnc3s2)cc1OC. The van der Waals surface area contributed by atoms with Crippen LogP contribution < -0.4 is 9.47 Å². The smallest absolute Gasteiger partial charge is 0.235 e. The standard InChI is InChI=1S/C16H15N5O3S/c1-9-6-11(20-24-9)15-17-18-16-21(15)19-14(25-16)8-10-4-5-12(22-2)13(7-10)23-3/h4-7H,8H2,1-3H3. The van der Waals surface area contributed by atoms with Crippen LogP contribution in [0.15, 0.2) is 28.8 Å². The third-order valence-electron chi connectivity index (χ3n) is 3.69. The molecule has 0 bridgehead atoms. The fourth-order valence-corrected chi connectivity index (χ4v) is 3.39. The number of fused-ring (bicyclic) bond motifs is 1. The number of ether oxygens (including phenoxy) is 2. The largest absolute Gasteiger partial charge is 0.493 e. The molecule has 0 radical (unpaired) electrons. The van der Waals surface area contributed by atoms with E-state index in [-0.39, 0.29) is 0 Å². The van der Waals surface area contributed by atoms with Gasteiger partial charge in [-0.1, -0.05) is 22.6 Å². The first-order chi connectivity index (χ1) is 12.2. The average molecular weight is 357 g/mol. The normalized spacial score (nSPS) is 11.2. The maximum Gasteiger partial charge on any atom is 0.235 e. The Hall–Kier alpha value is -2.94. The molecule has 0 amide bonds. The molecule has 4 aromatic rings. The van der Waals surface area contributed by atoms with Gasteiger partial charge >= 0.3 is 0 Å². The summed E-state index contributed by atoms with van der Waals surface area (Å²) >= 11 is 1.49. The molecule has 0 aliphatic carbocycles. The van der Waals surface area contributed by atoms with Crippen molar-refractivity contribution in [3.05, 3.63) is 40.6 Å². The molecular weight excluding hydrogens is 342 g/mol. The van der Waals surface area contributed by atoms with Gasteiger partial charge in [0, 0.05) is 12.5 Å². The summed E-state index contributed by atoms with van der Waals surface area (Å²) in [5.41, 5.74) is 1.69. The summed E-state index contributed by atoms with van der Waals surface area (Å²) in [5, 5.41) is 17.8. The minimum atomic E-state index is 0.571. The molecule has 0 saturated heterocycles. The van der Waals surface area contributed by atoms with Crippen LogP contribution in [0.3, 0.4) is 0 Å². The van der Waals surface area contributed by atoms with Crippen molar-refractivity contribution in [1.82, 2.24) is 25.0 Å². The van der Waals surface area contributed by atoms with E-state index in [0.29, 0.717) is 40.2 Å². The van der Waals surface area contributed by atoms with Gasteiger partial charge in [0.2, 0.25) is 10.8 Å². The molecule has 1 aromatic carbocycles. The molecule has 25 heavy (non-hydrogen) atoms. The van der Waals surface area contributed by atoms with Crippen LogP contribution in [-0.2, 0) is 6.42 Å². The van der Waals surface area contributed by atoms with Crippen molar-refractivity contribution in [2.45, 2.75) is 13.3 Å². The molecule has 0 N–H and O–H groups in total. The van der Waals surface area contributed by atoms with Crippen LogP contribution in [0.2, 0.25) is 0 Å². The van der Waals surface area contributed by atoms with E-state index in [1.165, 1.54) is 11.3 Å². The summed E-state index contributed by atoms with van der Waals surface area (Å²) in [7, 11) is 3.24. The Bertz CT molecular complexity index is 1040. The molecule has 3 aromatic heterocycles. The second-order valence-electron chi connectivity index (χ2n) is 5.40. The fraction of sp³-hybridized carbons (Fsp3) is 0.250. The molecule has 0 saturated carbocycles. The van der Waals surface area contributed by atoms with E-state index >= 15 is 0 Å². The van der Waals surface area contributed by atoms with Gasteiger partial charge in [0.25, 0.3) is 0 Å². The van der Waals surface area contributed by atoms with Crippen molar-refractivity contribution >= 4 is 16.3 Å². The Morgan fingerprint density at radius 2 is 1.96 bits per heavy atom. The monoisotopic (exact) mass is 357 g/mol. The molecule has 0 fully saturated rings. The van der Waals surface area contributed by atoms with Crippen molar-refractivity contribution in [3.63, 3.8) is 0 Å². The third-order valence-corrected chi connectivity index (χ3v) is 4.59. The second-order valence-corrected chi connectivity index (χ2v) is 6.44. The minimum absolute atomic E-state index is 0.571. The highest BCUT2D eigenvalue weighted by atomic mass is 32.1. The van der Waals surface area contributed by atoms with Crippen LogP contribution in [0.5, 0.6) is 11.5 Å². The molecule has 0 aliphatic heterocycles. The predicted molar refractivity (Wildman–Crippen MR) is 91.2 cm³/mol. The Morgan fingerprint density at radius 3 is 2.68 bits per heavy atom. The number of methoxy groups -OCH3 is 2. The summed E-state index contributed by atoms with van der Waals surface area (Å²) in [4.78, 5) is 0.714. The van der Waals surface area contributed by atoms with Crippen LogP contribution in [0.25, 0.3) is 16.5 Å². The lowest BCUT2D eigenvalue weighted by Gasteiger charge is -2.08. The lowest BCUT2D eigenvalue weighted by atomic mass is 10.1. The van der Waals surface area contributed by atoms with Gasteiger partial charge < -0.3 is 14.0 Å². The predicted octanol–water partition coefficient (Wildman–Crippen LogP) is 2.76. The Morgan fingerprint density at radius 1 is 1.12 bits per heavy atom. The van der Waals surface area contributed by atoms with Gasteiger partial charge in [0.05, 0.1) is 14.2 Å².